The molecule has 0 radical (unpaired) electrons. The van der Waals surface area contributed by atoms with E-state index >= 15 is 0 Å². The van der Waals surface area contributed by atoms with E-state index in [0.29, 0.717) is 24.3 Å². The monoisotopic (exact) mass is 226 g/mol. The average Bonchev–Trinajstić information content (AvgIpc) is 2.27. The highest BCUT2D eigenvalue weighted by atomic mass is 16.1. The Hall–Kier alpha value is -0.570. The van der Waals surface area contributed by atoms with Crippen LogP contribution in [0, 0.1) is 11.8 Å². The van der Waals surface area contributed by atoms with Gasteiger partial charge in [0.15, 0.2) is 0 Å². The summed E-state index contributed by atoms with van der Waals surface area (Å²) in [4.78, 5) is 11.7. The molecule has 0 saturated carbocycles. The Kier molecular flexibility index (Phi) is 5.81. The highest BCUT2D eigenvalue weighted by Gasteiger charge is 2.20. The van der Waals surface area contributed by atoms with Gasteiger partial charge in [-0.1, -0.05) is 13.8 Å². The van der Waals surface area contributed by atoms with Gasteiger partial charge in [0.05, 0.1) is 0 Å². The van der Waals surface area contributed by atoms with Crippen LogP contribution in [0.2, 0.25) is 0 Å². The molecule has 0 spiro atoms. The zero-order valence-corrected chi connectivity index (χ0v) is 10.9. The van der Waals surface area contributed by atoms with Gasteiger partial charge in [-0.25, -0.2) is 0 Å². The third kappa shape index (κ3) is 4.97. The molecule has 1 rings (SSSR count). The smallest absolute Gasteiger partial charge is 0.220 e. The summed E-state index contributed by atoms with van der Waals surface area (Å²) in [6.07, 6.45) is 4.12. The molecule has 0 aromatic rings. The first-order valence-corrected chi connectivity index (χ1v) is 6.59. The van der Waals surface area contributed by atoms with Crippen LogP contribution in [0.3, 0.4) is 0 Å². The summed E-state index contributed by atoms with van der Waals surface area (Å²) in [5.74, 6) is 1.43. The van der Waals surface area contributed by atoms with Crippen molar-refractivity contribution in [2.45, 2.75) is 52.5 Å². The molecule has 3 heteroatoms. The van der Waals surface area contributed by atoms with Gasteiger partial charge in [-0.2, -0.15) is 0 Å². The van der Waals surface area contributed by atoms with Crippen molar-refractivity contribution in [2.75, 3.05) is 13.1 Å². The van der Waals surface area contributed by atoms with E-state index in [0.717, 1.165) is 19.5 Å². The summed E-state index contributed by atoms with van der Waals surface area (Å²) in [7, 11) is 0. The molecule has 94 valence electrons. The summed E-state index contributed by atoms with van der Waals surface area (Å²) in [6, 6.07) is 0.312. The van der Waals surface area contributed by atoms with Crippen LogP contribution in [0.1, 0.15) is 46.5 Å². The zero-order chi connectivity index (χ0) is 12.0. The topological polar surface area (TPSA) is 41.1 Å². The summed E-state index contributed by atoms with van der Waals surface area (Å²) in [5.41, 5.74) is 0. The Morgan fingerprint density at radius 1 is 1.44 bits per heavy atom. The Bertz CT molecular complexity index is 210. The average molecular weight is 226 g/mol. The van der Waals surface area contributed by atoms with Crippen molar-refractivity contribution in [2.24, 2.45) is 11.8 Å². The predicted octanol–water partition coefficient (Wildman–Crippen LogP) is 1.93. The normalized spacial score (nSPS) is 23.1. The number of carbonyl (C=O) groups is 1. The molecule has 1 aliphatic rings. The molecule has 2 atom stereocenters. The first-order chi connectivity index (χ1) is 7.59. The maximum Gasteiger partial charge on any atom is 0.220 e. The Morgan fingerprint density at radius 3 is 2.75 bits per heavy atom. The summed E-state index contributed by atoms with van der Waals surface area (Å²) >= 11 is 0. The number of piperidine rings is 1. The predicted molar refractivity (Wildman–Crippen MR) is 67.3 cm³/mol. The molecule has 0 aliphatic carbocycles. The lowest BCUT2D eigenvalue weighted by Gasteiger charge is -2.29. The minimum absolute atomic E-state index is 0.215. The molecular weight excluding hydrogens is 200 g/mol. The number of amides is 1. The van der Waals surface area contributed by atoms with Gasteiger partial charge >= 0.3 is 0 Å². The van der Waals surface area contributed by atoms with E-state index in [1.807, 2.05) is 0 Å². The highest BCUT2D eigenvalue weighted by molar-refractivity contribution is 5.76. The summed E-state index contributed by atoms with van der Waals surface area (Å²) in [6.45, 7) is 8.62. The van der Waals surface area contributed by atoms with Crippen LogP contribution in [-0.2, 0) is 4.79 Å². The van der Waals surface area contributed by atoms with E-state index in [1.54, 1.807) is 0 Å². The first-order valence-electron chi connectivity index (χ1n) is 6.59. The largest absolute Gasteiger partial charge is 0.353 e. The third-order valence-corrected chi connectivity index (χ3v) is 3.38. The van der Waals surface area contributed by atoms with Crippen LogP contribution in [-0.4, -0.2) is 25.0 Å². The lowest BCUT2D eigenvalue weighted by Crippen LogP contribution is -2.44. The highest BCUT2D eigenvalue weighted by Crippen LogP contribution is 2.14. The van der Waals surface area contributed by atoms with Gasteiger partial charge in [-0.05, 0) is 51.1 Å². The Morgan fingerprint density at radius 2 is 2.19 bits per heavy atom. The van der Waals surface area contributed by atoms with Gasteiger partial charge in [0, 0.05) is 12.5 Å². The number of rotatable bonds is 5. The number of carbonyl (C=O) groups excluding carboxylic acids is 1. The molecule has 1 amide bonds. The standard InChI is InChI=1S/C13H26N2O/c1-10(2)6-7-13(16)15-11(3)12-5-4-8-14-9-12/h10-12,14H,4-9H2,1-3H3,(H,15,16). The van der Waals surface area contributed by atoms with Crippen molar-refractivity contribution in [3.8, 4) is 0 Å². The van der Waals surface area contributed by atoms with Crippen molar-refractivity contribution in [3.63, 3.8) is 0 Å². The van der Waals surface area contributed by atoms with Crippen LogP contribution < -0.4 is 10.6 Å². The maximum atomic E-state index is 11.7. The molecule has 1 saturated heterocycles. The van der Waals surface area contributed by atoms with E-state index in [-0.39, 0.29) is 5.91 Å². The van der Waals surface area contributed by atoms with E-state index in [4.69, 9.17) is 0 Å². The van der Waals surface area contributed by atoms with Crippen molar-refractivity contribution < 1.29 is 4.79 Å². The molecule has 2 N–H and O–H groups in total. The van der Waals surface area contributed by atoms with Crippen LogP contribution >= 0.6 is 0 Å². The molecule has 3 nitrogen and oxygen atoms in total. The number of nitrogens with one attached hydrogen (secondary N) is 2. The number of hydrogen-bond donors (Lipinski definition) is 2. The molecule has 0 aromatic heterocycles. The van der Waals surface area contributed by atoms with Gasteiger partial charge in [-0.15, -0.1) is 0 Å². The van der Waals surface area contributed by atoms with Crippen molar-refractivity contribution in [1.82, 2.24) is 10.6 Å². The van der Waals surface area contributed by atoms with Crippen molar-refractivity contribution in [3.05, 3.63) is 0 Å². The van der Waals surface area contributed by atoms with E-state index in [2.05, 4.69) is 31.4 Å². The van der Waals surface area contributed by atoms with Gasteiger partial charge in [0.2, 0.25) is 5.91 Å². The van der Waals surface area contributed by atoms with Gasteiger partial charge in [0.25, 0.3) is 0 Å². The second-order valence-electron chi connectivity index (χ2n) is 5.40. The fourth-order valence-corrected chi connectivity index (χ4v) is 2.17. The third-order valence-electron chi connectivity index (χ3n) is 3.38. The minimum atomic E-state index is 0.215. The van der Waals surface area contributed by atoms with Gasteiger partial charge < -0.3 is 10.6 Å². The van der Waals surface area contributed by atoms with Crippen molar-refractivity contribution >= 4 is 5.91 Å². The summed E-state index contributed by atoms with van der Waals surface area (Å²) in [5, 5.41) is 6.51. The SMILES string of the molecule is CC(C)CCC(=O)NC(C)C1CCCNC1. The van der Waals surface area contributed by atoms with Gasteiger partial charge in [-0.3, -0.25) is 4.79 Å². The fraction of sp³-hybridized carbons (Fsp3) is 0.923. The first kappa shape index (κ1) is 13.5. The van der Waals surface area contributed by atoms with E-state index < -0.39 is 0 Å². The van der Waals surface area contributed by atoms with Crippen LogP contribution in [0.25, 0.3) is 0 Å². The van der Waals surface area contributed by atoms with Crippen molar-refractivity contribution in [1.29, 1.82) is 0 Å². The Balaban J connectivity index is 2.21. The van der Waals surface area contributed by atoms with Crippen LogP contribution in [0.15, 0.2) is 0 Å². The van der Waals surface area contributed by atoms with E-state index in [1.165, 1.54) is 12.8 Å². The Labute approximate surface area is 99.4 Å². The molecular formula is C13H26N2O. The lowest BCUT2D eigenvalue weighted by molar-refractivity contribution is -0.122. The quantitative estimate of drug-likeness (QED) is 0.752. The lowest BCUT2D eigenvalue weighted by atomic mass is 9.92. The second kappa shape index (κ2) is 6.89. The molecule has 0 bridgehead atoms. The fourth-order valence-electron chi connectivity index (χ4n) is 2.17. The molecule has 1 fully saturated rings. The van der Waals surface area contributed by atoms with Gasteiger partial charge in [0.1, 0.15) is 0 Å². The zero-order valence-electron chi connectivity index (χ0n) is 10.9. The summed E-state index contributed by atoms with van der Waals surface area (Å²) < 4.78 is 0. The molecule has 1 aliphatic heterocycles. The molecule has 16 heavy (non-hydrogen) atoms. The minimum Gasteiger partial charge on any atom is -0.353 e. The second-order valence-corrected chi connectivity index (χ2v) is 5.40. The number of hydrogen-bond acceptors (Lipinski definition) is 2. The molecule has 1 heterocycles. The molecule has 2 unspecified atom stereocenters. The van der Waals surface area contributed by atoms with E-state index in [9.17, 15) is 4.79 Å². The maximum absolute atomic E-state index is 11.7. The molecule has 0 aromatic carbocycles. The van der Waals surface area contributed by atoms with Crippen LogP contribution in [0.5, 0.6) is 0 Å². The van der Waals surface area contributed by atoms with Crippen LogP contribution in [0.4, 0.5) is 0 Å².